The van der Waals surface area contributed by atoms with Crippen LogP contribution in [-0.4, -0.2) is 10.7 Å². The number of unbranched alkanes of at least 4 members (excludes halogenated alkanes) is 3. The molecule has 0 aromatic heterocycles. The average Bonchev–Trinajstić information content (AvgIpc) is 2.31. The minimum atomic E-state index is -0.249. The Kier molecular flexibility index (Phi) is 3.23. The molecule has 0 unspecified atom stereocenters. The summed E-state index contributed by atoms with van der Waals surface area (Å²) in [5.41, 5.74) is -0.249. The molecule has 17 heavy (non-hydrogen) atoms. The number of hydrogen-bond acceptors (Lipinski definition) is 1. The quantitative estimate of drug-likeness (QED) is 0.711. The Morgan fingerprint density at radius 2 is 1.47 bits per heavy atom. The lowest BCUT2D eigenvalue weighted by Gasteiger charge is -2.59. The molecule has 4 fully saturated rings. The van der Waals surface area contributed by atoms with E-state index in [1.807, 2.05) is 0 Å². The highest BCUT2D eigenvalue weighted by atomic mass is 16.3. The van der Waals surface area contributed by atoms with E-state index in [2.05, 4.69) is 6.92 Å². The van der Waals surface area contributed by atoms with Crippen LogP contribution in [0.4, 0.5) is 0 Å². The summed E-state index contributed by atoms with van der Waals surface area (Å²) >= 11 is 0. The van der Waals surface area contributed by atoms with Gasteiger partial charge in [-0.15, -0.1) is 0 Å². The van der Waals surface area contributed by atoms with Gasteiger partial charge < -0.3 is 5.11 Å². The summed E-state index contributed by atoms with van der Waals surface area (Å²) in [6.07, 6.45) is 13.2. The van der Waals surface area contributed by atoms with E-state index in [1.54, 1.807) is 0 Å². The largest absolute Gasteiger partial charge is 0.389 e. The van der Waals surface area contributed by atoms with Gasteiger partial charge in [-0.05, 0) is 62.2 Å². The van der Waals surface area contributed by atoms with Crippen molar-refractivity contribution in [3.63, 3.8) is 0 Å². The summed E-state index contributed by atoms with van der Waals surface area (Å²) in [5, 5.41) is 11.1. The van der Waals surface area contributed by atoms with Gasteiger partial charge in [-0.2, -0.15) is 0 Å². The molecule has 4 bridgehead atoms. The van der Waals surface area contributed by atoms with Gasteiger partial charge in [-0.3, -0.25) is 0 Å². The molecule has 0 saturated heterocycles. The van der Waals surface area contributed by atoms with Crippen LogP contribution in [-0.2, 0) is 0 Å². The molecule has 4 saturated carbocycles. The van der Waals surface area contributed by atoms with Crippen LogP contribution in [0.15, 0.2) is 0 Å². The van der Waals surface area contributed by atoms with E-state index in [9.17, 15) is 5.11 Å². The molecule has 1 nitrogen and oxygen atoms in total. The first kappa shape index (κ1) is 12.0. The van der Waals surface area contributed by atoms with Crippen LogP contribution in [0.2, 0.25) is 0 Å². The van der Waals surface area contributed by atoms with Crippen molar-refractivity contribution in [1.29, 1.82) is 0 Å². The summed E-state index contributed by atoms with van der Waals surface area (Å²) in [5.74, 6) is 3.29. The van der Waals surface area contributed by atoms with Crippen LogP contribution in [0.1, 0.15) is 71.1 Å². The lowest BCUT2D eigenvalue weighted by Crippen LogP contribution is -2.57. The number of hydrogen-bond donors (Lipinski definition) is 1. The second kappa shape index (κ2) is 4.57. The van der Waals surface area contributed by atoms with E-state index in [-0.39, 0.29) is 5.60 Å². The normalized spacial score (nSPS) is 47.6. The third-order valence-electron chi connectivity index (χ3n) is 5.98. The second-order valence-corrected chi connectivity index (χ2v) is 7.11. The van der Waals surface area contributed by atoms with E-state index in [1.165, 1.54) is 57.8 Å². The monoisotopic (exact) mass is 236 g/mol. The van der Waals surface area contributed by atoms with Crippen molar-refractivity contribution in [3.05, 3.63) is 0 Å². The predicted octanol–water partition coefficient (Wildman–Crippen LogP) is 4.14. The first-order valence-corrected chi connectivity index (χ1v) is 7.94. The van der Waals surface area contributed by atoms with Gasteiger partial charge in [0.05, 0.1) is 5.60 Å². The SMILES string of the molecule is CCCCCCC1(O)C2CC3CC(C2)CC1C3. The average molecular weight is 236 g/mol. The molecule has 0 aromatic rings. The van der Waals surface area contributed by atoms with Crippen molar-refractivity contribution in [2.45, 2.75) is 76.7 Å². The standard InChI is InChI=1S/C16H28O/c1-2-3-4-5-6-16(17)14-8-12-7-13(10-14)11-15(16)9-12/h12-15,17H,2-11H2,1H3. The highest BCUT2D eigenvalue weighted by Gasteiger charge is 2.55. The topological polar surface area (TPSA) is 20.2 Å². The highest BCUT2D eigenvalue weighted by molar-refractivity contribution is 5.06. The zero-order chi connectivity index (χ0) is 11.9. The summed E-state index contributed by atoms with van der Waals surface area (Å²) < 4.78 is 0. The van der Waals surface area contributed by atoms with Crippen molar-refractivity contribution < 1.29 is 5.11 Å². The Morgan fingerprint density at radius 3 is 2.00 bits per heavy atom. The third kappa shape index (κ3) is 2.05. The zero-order valence-electron chi connectivity index (χ0n) is 11.3. The van der Waals surface area contributed by atoms with Gasteiger partial charge in [0.25, 0.3) is 0 Å². The van der Waals surface area contributed by atoms with Gasteiger partial charge in [-0.25, -0.2) is 0 Å². The molecule has 4 aliphatic carbocycles. The molecule has 98 valence electrons. The van der Waals surface area contributed by atoms with E-state index >= 15 is 0 Å². The maximum Gasteiger partial charge on any atom is 0.0704 e. The third-order valence-corrected chi connectivity index (χ3v) is 5.98. The molecular formula is C16H28O. The molecule has 0 heterocycles. The number of rotatable bonds is 5. The van der Waals surface area contributed by atoms with Gasteiger partial charge in [0.2, 0.25) is 0 Å². The molecule has 0 amide bonds. The van der Waals surface area contributed by atoms with E-state index < -0.39 is 0 Å². The Balaban J connectivity index is 1.61. The van der Waals surface area contributed by atoms with Gasteiger partial charge in [0.15, 0.2) is 0 Å². The van der Waals surface area contributed by atoms with E-state index in [0.29, 0.717) is 11.8 Å². The van der Waals surface area contributed by atoms with E-state index in [0.717, 1.165) is 18.3 Å². The smallest absolute Gasteiger partial charge is 0.0704 e. The van der Waals surface area contributed by atoms with Crippen LogP contribution >= 0.6 is 0 Å². The van der Waals surface area contributed by atoms with Gasteiger partial charge in [0, 0.05) is 0 Å². The summed E-state index contributed by atoms with van der Waals surface area (Å²) in [4.78, 5) is 0. The summed E-state index contributed by atoms with van der Waals surface area (Å²) in [7, 11) is 0. The van der Waals surface area contributed by atoms with Crippen molar-refractivity contribution in [2.75, 3.05) is 0 Å². The molecule has 0 aromatic carbocycles. The minimum absolute atomic E-state index is 0.249. The Labute approximate surface area is 106 Å². The Morgan fingerprint density at radius 1 is 0.882 bits per heavy atom. The van der Waals surface area contributed by atoms with Crippen molar-refractivity contribution in [3.8, 4) is 0 Å². The van der Waals surface area contributed by atoms with Crippen molar-refractivity contribution in [1.82, 2.24) is 0 Å². The van der Waals surface area contributed by atoms with Crippen LogP contribution in [0, 0.1) is 23.7 Å². The van der Waals surface area contributed by atoms with Crippen LogP contribution in [0.25, 0.3) is 0 Å². The predicted molar refractivity (Wildman–Crippen MR) is 70.8 cm³/mol. The molecule has 0 radical (unpaired) electrons. The van der Waals surface area contributed by atoms with Crippen molar-refractivity contribution >= 4 is 0 Å². The Hall–Kier alpha value is -0.0400. The maximum atomic E-state index is 11.1. The van der Waals surface area contributed by atoms with Gasteiger partial charge >= 0.3 is 0 Å². The first-order valence-electron chi connectivity index (χ1n) is 7.94. The molecule has 0 spiro atoms. The van der Waals surface area contributed by atoms with Gasteiger partial charge in [0.1, 0.15) is 0 Å². The first-order chi connectivity index (χ1) is 8.22. The summed E-state index contributed by atoms with van der Waals surface area (Å²) in [6, 6.07) is 0. The van der Waals surface area contributed by atoms with Gasteiger partial charge in [-0.1, -0.05) is 32.6 Å². The Bertz CT molecular complexity index is 243. The minimum Gasteiger partial charge on any atom is -0.389 e. The molecule has 1 heteroatoms. The molecule has 0 aliphatic heterocycles. The van der Waals surface area contributed by atoms with E-state index in [4.69, 9.17) is 0 Å². The molecular weight excluding hydrogens is 208 g/mol. The lowest BCUT2D eigenvalue weighted by molar-refractivity contribution is -0.176. The summed E-state index contributed by atoms with van der Waals surface area (Å²) in [6.45, 7) is 2.26. The van der Waals surface area contributed by atoms with Crippen LogP contribution in [0.5, 0.6) is 0 Å². The number of aliphatic hydroxyl groups is 1. The fourth-order valence-corrected chi connectivity index (χ4v) is 5.24. The highest BCUT2D eigenvalue weighted by Crippen LogP contribution is 2.59. The second-order valence-electron chi connectivity index (χ2n) is 7.11. The van der Waals surface area contributed by atoms with Crippen molar-refractivity contribution in [2.24, 2.45) is 23.7 Å². The molecule has 4 rings (SSSR count). The fraction of sp³-hybridized carbons (Fsp3) is 1.00. The molecule has 1 N–H and O–H groups in total. The zero-order valence-corrected chi connectivity index (χ0v) is 11.3. The van der Waals surface area contributed by atoms with Crippen LogP contribution < -0.4 is 0 Å². The fourth-order valence-electron chi connectivity index (χ4n) is 5.24. The maximum absolute atomic E-state index is 11.1. The van der Waals surface area contributed by atoms with Crippen LogP contribution in [0.3, 0.4) is 0 Å². The lowest BCUT2D eigenvalue weighted by atomic mass is 9.49. The molecule has 4 aliphatic rings. The molecule has 0 atom stereocenters.